The minimum atomic E-state index is 0. The Labute approximate surface area is 147 Å². The van der Waals surface area contributed by atoms with Gasteiger partial charge in [-0.25, -0.2) is 0 Å². The predicted octanol–water partition coefficient (Wildman–Crippen LogP) is 2.31. The van der Waals surface area contributed by atoms with E-state index < -0.39 is 0 Å². The van der Waals surface area contributed by atoms with Gasteiger partial charge in [-0.2, -0.15) is 0 Å². The topological polar surface area (TPSA) is 35.6 Å². The normalized spacial score (nSPS) is 23.5. The molecular weight excluding hydrogens is 321 g/mol. The highest BCUT2D eigenvalue weighted by Crippen LogP contribution is 2.27. The molecule has 22 heavy (non-hydrogen) atoms. The average Bonchev–Trinajstić information content (AvgIpc) is 3.32. The van der Waals surface area contributed by atoms with Crippen molar-refractivity contribution in [3.05, 3.63) is 0 Å². The lowest BCUT2D eigenvalue weighted by molar-refractivity contribution is -0.131. The zero-order valence-corrected chi connectivity index (χ0v) is 15.1. The van der Waals surface area contributed by atoms with E-state index in [9.17, 15) is 4.79 Å². The second-order valence-corrected chi connectivity index (χ2v) is 6.78. The first-order chi connectivity index (χ1) is 9.83. The highest BCUT2D eigenvalue weighted by Gasteiger charge is 2.27. The summed E-state index contributed by atoms with van der Waals surface area (Å²) in [5.41, 5.74) is 0. The van der Waals surface area contributed by atoms with Crippen LogP contribution in [0.4, 0.5) is 0 Å². The van der Waals surface area contributed by atoms with Crippen LogP contribution in [-0.4, -0.2) is 61.0 Å². The summed E-state index contributed by atoms with van der Waals surface area (Å²) in [5.74, 6) is 1.16. The summed E-state index contributed by atoms with van der Waals surface area (Å²) < 4.78 is 0. The number of nitrogens with one attached hydrogen (secondary N) is 1. The lowest BCUT2D eigenvalue weighted by atomic mass is 10.00. The Morgan fingerprint density at radius 1 is 0.909 bits per heavy atom. The Morgan fingerprint density at radius 2 is 1.55 bits per heavy atom. The molecule has 0 bridgehead atoms. The summed E-state index contributed by atoms with van der Waals surface area (Å²) in [7, 11) is 0. The Morgan fingerprint density at radius 3 is 2.14 bits per heavy atom. The Kier molecular flexibility index (Phi) is 9.07. The third-order valence-electron chi connectivity index (χ3n) is 5.13. The summed E-state index contributed by atoms with van der Waals surface area (Å²) in [6, 6.07) is 0.735. The third-order valence-corrected chi connectivity index (χ3v) is 5.13. The predicted molar refractivity (Wildman–Crippen MR) is 95.1 cm³/mol. The molecule has 3 aliphatic rings. The fourth-order valence-electron chi connectivity index (χ4n) is 3.58. The molecule has 2 aliphatic heterocycles. The lowest BCUT2D eigenvalue weighted by Crippen LogP contribution is -2.49. The van der Waals surface area contributed by atoms with E-state index >= 15 is 0 Å². The van der Waals surface area contributed by atoms with Crippen LogP contribution in [0.2, 0.25) is 0 Å². The van der Waals surface area contributed by atoms with Crippen LogP contribution in [0.3, 0.4) is 0 Å². The number of hydrogen-bond donors (Lipinski definition) is 1. The molecule has 1 N–H and O–H groups in total. The zero-order chi connectivity index (χ0) is 13.8. The van der Waals surface area contributed by atoms with E-state index in [1.165, 1.54) is 58.0 Å². The van der Waals surface area contributed by atoms with Gasteiger partial charge in [0.05, 0.1) is 6.54 Å². The Bertz CT molecular complexity index is 325. The number of halogens is 2. The molecule has 0 aromatic rings. The first kappa shape index (κ1) is 20.0. The first-order valence-electron chi connectivity index (χ1n) is 8.55. The van der Waals surface area contributed by atoms with Crippen molar-refractivity contribution in [1.82, 2.24) is 15.1 Å². The molecule has 1 saturated carbocycles. The van der Waals surface area contributed by atoms with Gasteiger partial charge in [0, 0.05) is 19.1 Å². The number of nitrogens with zero attached hydrogens (tertiary/aromatic N) is 2. The highest BCUT2D eigenvalue weighted by molar-refractivity contribution is 5.85. The maximum Gasteiger partial charge on any atom is 0.236 e. The van der Waals surface area contributed by atoms with Gasteiger partial charge in [-0.1, -0.05) is 6.42 Å². The van der Waals surface area contributed by atoms with Gasteiger partial charge >= 0.3 is 0 Å². The molecule has 0 radical (unpaired) electrons. The molecule has 0 spiro atoms. The molecule has 1 amide bonds. The van der Waals surface area contributed by atoms with Gasteiger partial charge < -0.3 is 15.1 Å². The maximum absolute atomic E-state index is 12.1. The Balaban J connectivity index is 0.00000121. The number of piperidine rings is 2. The van der Waals surface area contributed by atoms with Crippen LogP contribution in [0, 0.1) is 5.92 Å². The fourth-order valence-corrected chi connectivity index (χ4v) is 3.58. The molecule has 4 nitrogen and oxygen atoms in total. The van der Waals surface area contributed by atoms with Gasteiger partial charge in [0.15, 0.2) is 0 Å². The van der Waals surface area contributed by atoms with Crippen molar-refractivity contribution in [2.75, 3.05) is 39.3 Å². The average molecular weight is 352 g/mol. The van der Waals surface area contributed by atoms with Crippen LogP contribution >= 0.6 is 24.8 Å². The fraction of sp³-hybridized carbons (Fsp3) is 0.938. The van der Waals surface area contributed by atoms with Gasteiger partial charge in [-0.05, 0) is 64.1 Å². The summed E-state index contributed by atoms with van der Waals surface area (Å²) >= 11 is 0. The minimum absolute atomic E-state index is 0. The van der Waals surface area contributed by atoms with Gasteiger partial charge in [0.25, 0.3) is 0 Å². The summed E-state index contributed by atoms with van der Waals surface area (Å²) in [5, 5.41) is 3.32. The number of amides is 1. The van der Waals surface area contributed by atoms with E-state index in [2.05, 4.69) is 15.1 Å². The molecule has 130 valence electrons. The van der Waals surface area contributed by atoms with Crippen LogP contribution in [0.5, 0.6) is 0 Å². The number of carbonyl (C=O) groups is 1. The standard InChI is InChI=1S/C16H29N3O.2ClH/c20-16(13-17-12-14-4-5-14)19-10-6-15(7-11-19)18-8-2-1-3-9-18;;/h14-15,17H,1-13H2;2*1H. The highest BCUT2D eigenvalue weighted by atomic mass is 35.5. The van der Waals surface area contributed by atoms with Crippen LogP contribution in [-0.2, 0) is 4.79 Å². The second kappa shape index (κ2) is 9.96. The summed E-state index contributed by atoms with van der Waals surface area (Å²) in [6.07, 6.45) is 9.18. The quantitative estimate of drug-likeness (QED) is 0.825. The first-order valence-corrected chi connectivity index (χ1v) is 8.55. The number of carbonyl (C=O) groups excluding carboxylic acids is 1. The summed E-state index contributed by atoms with van der Waals surface area (Å²) in [6.45, 7) is 6.07. The molecular formula is C16H31Cl2N3O. The van der Waals surface area contributed by atoms with E-state index in [-0.39, 0.29) is 24.8 Å². The number of hydrogen-bond acceptors (Lipinski definition) is 3. The minimum Gasteiger partial charge on any atom is -0.341 e. The van der Waals surface area contributed by atoms with Crippen molar-refractivity contribution in [2.45, 2.75) is 51.0 Å². The van der Waals surface area contributed by atoms with E-state index in [1.807, 2.05) is 0 Å². The second-order valence-electron chi connectivity index (χ2n) is 6.78. The lowest BCUT2D eigenvalue weighted by Gasteiger charge is -2.40. The molecule has 0 unspecified atom stereocenters. The van der Waals surface area contributed by atoms with Crippen molar-refractivity contribution in [3.63, 3.8) is 0 Å². The molecule has 0 atom stereocenters. The summed E-state index contributed by atoms with van der Waals surface area (Å²) in [4.78, 5) is 16.9. The molecule has 2 saturated heterocycles. The van der Waals surface area contributed by atoms with E-state index in [1.54, 1.807) is 0 Å². The van der Waals surface area contributed by atoms with Crippen LogP contribution in [0.1, 0.15) is 44.9 Å². The molecule has 2 heterocycles. The third kappa shape index (κ3) is 5.88. The molecule has 3 fully saturated rings. The number of likely N-dealkylation sites (tertiary alicyclic amines) is 2. The smallest absolute Gasteiger partial charge is 0.236 e. The van der Waals surface area contributed by atoms with E-state index in [4.69, 9.17) is 0 Å². The SMILES string of the molecule is Cl.Cl.O=C(CNCC1CC1)N1CCC(N2CCCCC2)CC1. The van der Waals surface area contributed by atoms with Gasteiger partial charge in [0.1, 0.15) is 0 Å². The van der Waals surface area contributed by atoms with Gasteiger partial charge in [-0.15, -0.1) is 24.8 Å². The molecule has 1 aliphatic carbocycles. The monoisotopic (exact) mass is 351 g/mol. The Hall–Kier alpha value is -0.0300. The molecule has 6 heteroatoms. The van der Waals surface area contributed by atoms with Crippen molar-refractivity contribution < 1.29 is 4.79 Å². The van der Waals surface area contributed by atoms with Crippen LogP contribution in [0.25, 0.3) is 0 Å². The van der Waals surface area contributed by atoms with Gasteiger partial charge in [-0.3, -0.25) is 4.79 Å². The molecule has 3 rings (SSSR count). The van der Waals surface area contributed by atoms with Crippen molar-refractivity contribution >= 4 is 30.7 Å². The van der Waals surface area contributed by atoms with Crippen LogP contribution in [0.15, 0.2) is 0 Å². The largest absolute Gasteiger partial charge is 0.341 e. The van der Waals surface area contributed by atoms with E-state index in [0.717, 1.165) is 31.6 Å². The maximum atomic E-state index is 12.1. The van der Waals surface area contributed by atoms with Crippen molar-refractivity contribution in [3.8, 4) is 0 Å². The molecule has 0 aromatic carbocycles. The van der Waals surface area contributed by atoms with Crippen LogP contribution < -0.4 is 5.32 Å². The molecule has 0 aromatic heterocycles. The van der Waals surface area contributed by atoms with Crippen molar-refractivity contribution in [1.29, 1.82) is 0 Å². The zero-order valence-electron chi connectivity index (χ0n) is 13.5. The van der Waals surface area contributed by atoms with Crippen molar-refractivity contribution in [2.24, 2.45) is 5.92 Å². The van der Waals surface area contributed by atoms with E-state index in [0.29, 0.717) is 12.5 Å². The number of rotatable bonds is 5. The van der Waals surface area contributed by atoms with Gasteiger partial charge in [0.2, 0.25) is 5.91 Å².